The molecule has 0 bridgehead atoms. The van der Waals surface area contributed by atoms with Crippen molar-refractivity contribution in [3.05, 3.63) is 24.0 Å². The monoisotopic (exact) mass is 317 g/mol. The maximum absolute atomic E-state index is 13.5. The fourth-order valence-electron chi connectivity index (χ4n) is 1.79. The number of nitrogens with one attached hydrogen (secondary N) is 2. The Morgan fingerprint density at radius 1 is 1.43 bits per heavy atom. The Balaban J connectivity index is 2.95. The molecular formula is C13H20FN3O3S. The van der Waals surface area contributed by atoms with E-state index >= 15 is 0 Å². The molecule has 0 saturated heterocycles. The van der Waals surface area contributed by atoms with Gasteiger partial charge in [0.25, 0.3) is 0 Å². The summed E-state index contributed by atoms with van der Waals surface area (Å²) >= 11 is 0. The van der Waals surface area contributed by atoms with Gasteiger partial charge in [-0.05, 0) is 31.5 Å². The minimum absolute atomic E-state index is 0.232. The first-order valence-corrected chi connectivity index (χ1v) is 8.32. The summed E-state index contributed by atoms with van der Waals surface area (Å²) in [7, 11) is -3.61. The van der Waals surface area contributed by atoms with Gasteiger partial charge in [0, 0.05) is 5.69 Å². The molecule has 8 heteroatoms. The maximum atomic E-state index is 13.5. The zero-order valence-corrected chi connectivity index (χ0v) is 13.1. The average molecular weight is 317 g/mol. The Kier molecular flexibility index (Phi) is 5.30. The number of benzene rings is 1. The highest BCUT2D eigenvalue weighted by molar-refractivity contribution is 7.92. The van der Waals surface area contributed by atoms with Crippen LogP contribution in [0.15, 0.2) is 18.2 Å². The number of nitrogens with two attached hydrogens (primary N) is 1. The molecule has 1 unspecified atom stereocenters. The van der Waals surface area contributed by atoms with Crippen molar-refractivity contribution in [1.29, 1.82) is 0 Å². The topological polar surface area (TPSA) is 101 Å². The molecule has 0 spiro atoms. The Morgan fingerprint density at radius 2 is 2.05 bits per heavy atom. The fourth-order valence-corrected chi connectivity index (χ4v) is 2.34. The summed E-state index contributed by atoms with van der Waals surface area (Å²) in [5.41, 5.74) is 4.87. The number of hydrogen-bond acceptors (Lipinski definition) is 4. The molecule has 4 N–H and O–H groups in total. The molecule has 0 aliphatic carbocycles. The molecule has 6 nitrogen and oxygen atoms in total. The van der Waals surface area contributed by atoms with E-state index in [0.29, 0.717) is 6.42 Å². The first-order chi connectivity index (χ1) is 9.55. The van der Waals surface area contributed by atoms with Crippen LogP contribution < -0.4 is 15.8 Å². The van der Waals surface area contributed by atoms with E-state index in [4.69, 9.17) is 5.73 Å². The summed E-state index contributed by atoms with van der Waals surface area (Å²) in [5, 5.41) is 2.55. The van der Waals surface area contributed by atoms with E-state index in [1.807, 2.05) is 11.6 Å². The van der Waals surface area contributed by atoms with Gasteiger partial charge in [0.15, 0.2) is 0 Å². The lowest BCUT2D eigenvalue weighted by Crippen LogP contribution is -2.48. The van der Waals surface area contributed by atoms with Crippen LogP contribution in [0.25, 0.3) is 0 Å². The third-order valence-corrected chi connectivity index (χ3v) is 3.40. The van der Waals surface area contributed by atoms with Crippen LogP contribution in [0, 0.1) is 5.82 Å². The number of carbonyl (C=O) groups is 1. The molecule has 1 amide bonds. The van der Waals surface area contributed by atoms with Crippen LogP contribution in [-0.4, -0.2) is 26.1 Å². The number of amides is 1. The molecule has 0 radical (unpaired) electrons. The van der Waals surface area contributed by atoms with Gasteiger partial charge < -0.3 is 11.1 Å². The molecule has 1 aromatic carbocycles. The van der Waals surface area contributed by atoms with Crippen LogP contribution in [0.2, 0.25) is 0 Å². The smallest absolute Gasteiger partial charge is 0.244 e. The Labute approximate surface area is 124 Å². The van der Waals surface area contributed by atoms with E-state index in [9.17, 15) is 17.6 Å². The Hall–Kier alpha value is -1.67. The molecule has 1 rings (SSSR count). The lowest BCUT2D eigenvalue weighted by atomic mass is 9.96. The zero-order valence-electron chi connectivity index (χ0n) is 12.2. The van der Waals surface area contributed by atoms with Gasteiger partial charge in [0.05, 0.1) is 17.5 Å². The van der Waals surface area contributed by atoms with Crippen molar-refractivity contribution in [2.75, 3.05) is 16.3 Å². The largest absolute Gasteiger partial charge is 0.324 e. The second-order valence-electron chi connectivity index (χ2n) is 5.19. The third-order valence-electron chi connectivity index (χ3n) is 2.81. The first-order valence-electron chi connectivity index (χ1n) is 6.43. The molecule has 118 valence electrons. The van der Waals surface area contributed by atoms with Crippen LogP contribution in [0.5, 0.6) is 0 Å². The van der Waals surface area contributed by atoms with E-state index in [1.54, 1.807) is 6.92 Å². The molecule has 0 heterocycles. The highest BCUT2D eigenvalue weighted by Crippen LogP contribution is 2.21. The molecule has 0 aliphatic heterocycles. The quantitative estimate of drug-likeness (QED) is 0.742. The predicted molar refractivity (Wildman–Crippen MR) is 81.0 cm³/mol. The van der Waals surface area contributed by atoms with Gasteiger partial charge in [-0.2, -0.15) is 0 Å². The van der Waals surface area contributed by atoms with Crippen molar-refractivity contribution in [3.63, 3.8) is 0 Å². The maximum Gasteiger partial charge on any atom is 0.244 e. The van der Waals surface area contributed by atoms with Crippen LogP contribution in [0.1, 0.15) is 26.7 Å². The van der Waals surface area contributed by atoms with E-state index < -0.39 is 27.3 Å². The number of rotatable bonds is 6. The summed E-state index contributed by atoms with van der Waals surface area (Å²) < 4.78 is 37.9. The minimum Gasteiger partial charge on any atom is -0.324 e. The number of halogens is 1. The molecule has 0 fully saturated rings. The van der Waals surface area contributed by atoms with E-state index in [-0.39, 0.29) is 11.4 Å². The average Bonchev–Trinajstić information content (AvgIpc) is 2.31. The summed E-state index contributed by atoms with van der Waals surface area (Å²) in [6.07, 6.45) is 2.15. The van der Waals surface area contributed by atoms with Gasteiger partial charge in [0.2, 0.25) is 15.9 Å². The molecule has 1 atom stereocenters. The number of hydrogen-bond donors (Lipinski definition) is 3. The van der Waals surface area contributed by atoms with Crippen molar-refractivity contribution in [1.82, 2.24) is 0 Å². The highest BCUT2D eigenvalue weighted by atomic mass is 32.2. The summed E-state index contributed by atoms with van der Waals surface area (Å²) in [5.74, 6) is -1.15. The molecule has 21 heavy (non-hydrogen) atoms. The van der Waals surface area contributed by atoms with Crippen molar-refractivity contribution >= 4 is 27.3 Å². The normalized spacial score (nSPS) is 14.3. The lowest BCUT2D eigenvalue weighted by molar-refractivity contribution is -0.120. The van der Waals surface area contributed by atoms with E-state index in [0.717, 1.165) is 18.7 Å². The Bertz CT molecular complexity index is 630. The fraction of sp³-hybridized carbons (Fsp3) is 0.462. The number of anilines is 2. The lowest BCUT2D eigenvalue weighted by Gasteiger charge is -2.23. The standard InChI is InChI=1S/C13H20FN3O3S/c1-4-7-13(2,15)12(18)16-9-5-6-10(14)11(8-9)17-21(3,19)20/h5-6,8,17H,4,7,15H2,1-3H3,(H,16,18). The van der Waals surface area contributed by atoms with Gasteiger partial charge >= 0.3 is 0 Å². The summed E-state index contributed by atoms with van der Waals surface area (Å²) in [4.78, 5) is 12.0. The number of sulfonamides is 1. The second kappa shape index (κ2) is 6.40. The Morgan fingerprint density at radius 3 is 2.57 bits per heavy atom. The highest BCUT2D eigenvalue weighted by Gasteiger charge is 2.27. The van der Waals surface area contributed by atoms with Gasteiger partial charge in [-0.1, -0.05) is 13.3 Å². The number of carbonyl (C=O) groups excluding carboxylic acids is 1. The van der Waals surface area contributed by atoms with Crippen LogP contribution in [0.4, 0.5) is 15.8 Å². The van der Waals surface area contributed by atoms with E-state index in [2.05, 4.69) is 5.32 Å². The molecular weight excluding hydrogens is 297 g/mol. The molecule has 1 aromatic rings. The second-order valence-corrected chi connectivity index (χ2v) is 6.94. The van der Waals surface area contributed by atoms with Crippen LogP contribution >= 0.6 is 0 Å². The SMILES string of the molecule is CCCC(C)(N)C(=O)Nc1ccc(F)c(NS(C)(=O)=O)c1. The van der Waals surface area contributed by atoms with Gasteiger partial charge in [-0.25, -0.2) is 12.8 Å². The minimum atomic E-state index is -3.61. The molecule has 0 aliphatic rings. The predicted octanol–water partition coefficient (Wildman–Crippen LogP) is 1.65. The molecule has 0 saturated carbocycles. The van der Waals surface area contributed by atoms with Crippen molar-refractivity contribution in [2.24, 2.45) is 5.73 Å². The van der Waals surface area contributed by atoms with Crippen molar-refractivity contribution in [2.45, 2.75) is 32.2 Å². The van der Waals surface area contributed by atoms with Gasteiger partial charge in [0.1, 0.15) is 5.82 Å². The van der Waals surface area contributed by atoms with Crippen LogP contribution in [0.3, 0.4) is 0 Å². The summed E-state index contributed by atoms with van der Waals surface area (Å²) in [6.45, 7) is 3.51. The first kappa shape index (κ1) is 17.4. The van der Waals surface area contributed by atoms with Crippen molar-refractivity contribution in [3.8, 4) is 0 Å². The summed E-state index contributed by atoms with van der Waals surface area (Å²) in [6, 6.07) is 3.61. The zero-order chi connectivity index (χ0) is 16.3. The molecule has 0 aromatic heterocycles. The van der Waals surface area contributed by atoms with Gasteiger partial charge in [-0.15, -0.1) is 0 Å². The van der Waals surface area contributed by atoms with Crippen LogP contribution in [-0.2, 0) is 14.8 Å². The third kappa shape index (κ3) is 5.31. The van der Waals surface area contributed by atoms with E-state index in [1.165, 1.54) is 12.1 Å². The van der Waals surface area contributed by atoms with Crippen molar-refractivity contribution < 1.29 is 17.6 Å². The van der Waals surface area contributed by atoms with Gasteiger partial charge in [-0.3, -0.25) is 9.52 Å².